The molecule has 0 radical (unpaired) electrons. The van der Waals surface area contributed by atoms with Crippen LogP contribution in [0.25, 0.3) is 0 Å². The van der Waals surface area contributed by atoms with E-state index in [2.05, 4.69) is 13.5 Å². The van der Waals surface area contributed by atoms with E-state index in [9.17, 15) is 0 Å². The van der Waals surface area contributed by atoms with Crippen LogP contribution in [0.15, 0.2) is 33.9 Å². The maximum absolute atomic E-state index is 5.76. The average molecular weight is 203 g/mol. The molecule has 1 aliphatic rings. The van der Waals surface area contributed by atoms with Crippen LogP contribution in [0.2, 0.25) is 0 Å². The summed E-state index contributed by atoms with van der Waals surface area (Å²) in [5.74, 6) is 0. The average Bonchev–Trinajstić information content (AvgIpc) is 2.34. The van der Waals surface area contributed by atoms with Gasteiger partial charge in [-0.15, -0.1) is 6.58 Å². The number of hydrogen-bond donors (Lipinski definition) is 0. The topological polar surface area (TPSA) is 0 Å². The number of allylic oxidation sites excluding steroid dienone is 4. The predicted molar refractivity (Wildman–Crippen MR) is 55.5 cm³/mol. The van der Waals surface area contributed by atoms with E-state index in [0.717, 1.165) is 24.8 Å². The van der Waals surface area contributed by atoms with Crippen LogP contribution in [0, 0.1) is 0 Å². The Morgan fingerprint density at radius 1 is 1.50 bits per heavy atom. The van der Waals surface area contributed by atoms with E-state index in [0.29, 0.717) is 4.49 Å². The van der Waals surface area contributed by atoms with E-state index in [1.165, 1.54) is 11.1 Å². The van der Waals surface area contributed by atoms with Gasteiger partial charge in [0.2, 0.25) is 0 Å². The van der Waals surface area contributed by atoms with Crippen molar-refractivity contribution in [1.29, 1.82) is 0 Å². The van der Waals surface area contributed by atoms with Gasteiger partial charge in [-0.25, -0.2) is 0 Å². The molecule has 0 saturated carbocycles. The molecule has 0 atom stereocenters. The lowest BCUT2D eigenvalue weighted by atomic mass is 10.1. The van der Waals surface area contributed by atoms with Crippen molar-refractivity contribution in [3.63, 3.8) is 0 Å². The van der Waals surface area contributed by atoms with Gasteiger partial charge >= 0.3 is 0 Å². The summed E-state index contributed by atoms with van der Waals surface area (Å²) >= 11 is 11.5. The van der Waals surface area contributed by atoms with Gasteiger partial charge in [0.15, 0.2) is 0 Å². The monoisotopic (exact) mass is 202 g/mol. The molecule has 1 rings (SSSR count). The van der Waals surface area contributed by atoms with Gasteiger partial charge in [-0.1, -0.05) is 34.9 Å². The molecule has 2 heteroatoms. The molecule has 0 spiro atoms. The fraction of sp³-hybridized carbons (Fsp3) is 0.400. The van der Waals surface area contributed by atoms with Crippen molar-refractivity contribution >= 4 is 23.2 Å². The standard InChI is InChI=1S/C10H12Cl2/c1-3-4-8-7(2)5-6-9(8)10(11)12/h3H,1,4-6H2,2H3. The van der Waals surface area contributed by atoms with Gasteiger partial charge < -0.3 is 0 Å². The molecule has 66 valence electrons. The molecule has 0 aromatic carbocycles. The van der Waals surface area contributed by atoms with Crippen LogP contribution in [0.3, 0.4) is 0 Å². The lowest BCUT2D eigenvalue weighted by Gasteiger charge is -2.03. The van der Waals surface area contributed by atoms with Crippen molar-refractivity contribution in [2.75, 3.05) is 0 Å². The molecule has 12 heavy (non-hydrogen) atoms. The van der Waals surface area contributed by atoms with Crippen molar-refractivity contribution in [3.8, 4) is 0 Å². The van der Waals surface area contributed by atoms with Crippen molar-refractivity contribution in [3.05, 3.63) is 33.9 Å². The Morgan fingerprint density at radius 2 is 2.17 bits per heavy atom. The second-order valence-electron chi connectivity index (χ2n) is 2.99. The van der Waals surface area contributed by atoms with Gasteiger partial charge in [0, 0.05) is 0 Å². The summed E-state index contributed by atoms with van der Waals surface area (Å²) in [6.07, 6.45) is 4.84. The Balaban J connectivity index is 2.97. The molecule has 0 aromatic heterocycles. The lowest BCUT2D eigenvalue weighted by Crippen LogP contribution is -1.83. The van der Waals surface area contributed by atoms with E-state index in [-0.39, 0.29) is 0 Å². The summed E-state index contributed by atoms with van der Waals surface area (Å²) in [5.41, 5.74) is 3.78. The Labute approximate surface area is 83.6 Å². The van der Waals surface area contributed by atoms with Gasteiger partial charge in [-0.05, 0) is 37.3 Å². The van der Waals surface area contributed by atoms with Crippen molar-refractivity contribution in [2.45, 2.75) is 26.2 Å². The van der Waals surface area contributed by atoms with Gasteiger partial charge in [-0.3, -0.25) is 0 Å². The third-order valence-electron chi connectivity index (χ3n) is 2.21. The van der Waals surface area contributed by atoms with Crippen molar-refractivity contribution in [1.82, 2.24) is 0 Å². The van der Waals surface area contributed by atoms with E-state index >= 15 is 0 Å². The molecule has 0 aliphatic heterocycles. The van der Waals surface area contributed by atoms with E-state index in [4.69, 9.17) is 23.2 Å². The zero-order valence-electron chi connectivity index (χ0n) is 7.16. The van der Waals surface area contributed by atoms with Crippen molar-refractivity contribution in [2.24, 2.45) is 0 Å². The minimum Gasteiger partial charge on any atom is -0.103 e. The zero-order valence-corrected chi connectivity index (χ0v) is 8.67. The number of halogens is 2. The van der Waals surface area contributed by atoms with Crippen LogP contribution in [-0.2, 0) is 0 Å². The summed E-state index contributed by atoms with van der Waals surface area (Å²) in [5, 5.41) is 0. The van der Waals surface area contributed by atoms with E-state index < -0.39 is 0 Å². The minimum absolute atomic E-state index is 0.420. The summed E-state index contributed by atoms with van der Waals surface area (Å²) in [6, 6.07) is 0. The highest BCUT2D eigenvalue weighted by atomic mass is 35.5. The Bertz CT molecular complexity index is 255. The molecule has 0 unspecified atom stereocenters. The molecule has 0 amide bonds. The third kappa shape index (κ3) is 1.94. The fourth-order valence-electron chi connectivity index (χ4n) is 1.52. The van der Waals surface area contributed by atoms with E-state index in [1.54, 1.807) is 0 Å². The molecule has 0 saturated heterocycles. The first-order valence-corrected chi connectivity index (χ1v) is 4.76. The molecular formula is C10H12Cl2. The molecule has 0 bridgehead atoms. The highest BCUT2D eigenvalue weighted by Crippen LogP contribution is 2.37. The first-order chi connectivity index (χ1) is 5.66. The van der Waals surface area contributed by atoms with Gasteiger partial charge in [0.05, 0.1) is 0 Å². The Morgan fingerprint density at radius 3 is 2.67 bits per heavy atom. The SMILES string of the molecule is C=CCC1=C(C)CCC1=C(Cl)Cl. The number of hydrogen-bond acceptors (Lipinski definition) is 0. The fourth-order valence-corrected chi connectivity index (χ4v) is 1.94. The summed E-state index contributed by atoms with van der Waals surface area (Å²) in [7, 11) is 0. The Kier molecular flexibility index (Phi) is 3.42. The van der Waals surface area contributed by atoms with Crippen LogP contribution in [-0.4, -0.2) is 0 Å². The first kappa shape index (κ1) is 9.88. The summed E-state index contributed by atoms with van der Waals surface area (Å²) in [4.78, 5) is 0. The normalized spacial score (nSPS) is 17.1. The smallest absolute Gasteiger partial charge is 0.103 e. The second-order valence-corrected chi connectivity index (χ2v) is 3.94. The van der Waals surface area contributed by atoms with Crippen LogP contribution in [0.5, 0.6) is 0 Å². The van der Waals surface area contributed by atoms with Crippen LogP contribution < -0.4 is 0 Å². The molecule has 0 heterocycles. The molecule has 0 N–H and O–H groups in total. The van der Waals surface area contributed by atoms with Crippen LogP contribution in [0.4, 0.5) is 0 Å². The minimum atomic E-state index is 0.420. The maximum Gasteiger partial charge on any atom is 0.110 e. The second kappa shape index (κ2) is 4.15. The molecule has 0 nitrogen and oxygen atoms in total. The number of rotatable bonds is 2. The highest BCUT2D eigenvalue weighted by Gasteiger charge is 2.17. The Hall–Kier alpha value is -0.200. The van der Waals surface area contributed by atoms with Gasteiger partial charge in [0.25, 0.3) is 0 Å². The lowest BCUT2D eigenvalue weighted by molar-refractivity contribution is 1.01. The summed E-state index contributed by atoms with van der Waals surface area (Å²) in [6.45, 7) is 5.84. The quantitative estimate of drug-likeness (QED) is 0.585. The third-order valence-corrected chi connectivity index (χ3v) is 2.66. The van der Waals surface area contributed by atoms with Crippen molar-refractivity contribution < 1.29 is 0 Å². The van der Waals surface area contributed by atoms with Crippen LogP contribution >= 0.6 is 23.2 Å². The largest absolute Gasteiger partial charge is 0.110 e. The zero-order chi connectivity index (χ0) is 9.14. The summed E-state index contributed by atoms with van der Waals surface area (Å²) < 4.78 is 0.420. The molecular weight excluding hydrogens is 191 g/mol. The molecule has 0 aromatic rings. The predicted octanol–water partition coefficient (Wildman–Crippen LogP) is 4.36. The molecule has 1 aliphatic carbocycles. The maximum atomic E-state index is 5.76. The van der Waals surface area contributed by atoms with Gasteiger partial charge in [0.1, 0.15) is 4.49 Å². The van der Waals surface area contributed by atoms with Gasteiger partial charge in [-0.2, -0.15) is 0 Å². The van der Waals surface area contributed by atoms with Crippen LogP contribution in [0.1, 0.15) is 26.2 Å². The first-order valence-electron chi connectivity index (χ1n) is 4.01. The van der Waals surface area contributed by atoms with E-state index in [1.807, 2.05) is 6.08 Å². The molecule has 0 fully saturated rings. The highest BCUT2D eigenvalue weighted by molar-refractivity contribution is 6.56.